The molecular formula is C20H21NO2. The van der Waals surface area contributed by atoms with Gasteiger partial charge in [-0.15, -0.1) is 0 Å². The molecule has 1 N–H and O–H groups in total. The summed E-state index contributed by atoms with van der Waals surface area (Å²) in [7, 11) is 0. The number of benzene rings is 2. The van der Waals surface area contributed by atoms with Gasteiger partial charge in [-0.1, -0.05) is 36.4 Å². The smallest absolute Gasteiger partial charge is 0.190 e. The topological polar surface area (TPSA) is 42.1 Å². The Morgan fingerprint density at radius 2 is 1.70 bits per heavy atom. The van der Waals surface area contributed by atoms with E-state index >= 15 is 0 Å². The van der Waals surface area contributed by atoms with Gasteiger partial charge in [0.2, 0.25) is 0 Å². The maximum absolute atomic E-state index is 12.2. The van der Waals surface area contributed by atoms with Crippen LogP contribution in [0.15, 0.2) is 59.4 Å². The molecule has 3 rings (SSSR count). The Bertz CT molecular complexity index is 871. The van der Waals surface area contributed by atoms with Crippen LogP contribution in [0.25, 0.3) is 22.2 Å². The van der Waals surface area contributed by atoms with Gasteiger partial charge in [-0.3, -0.25) is 4.79 Å². The summed E-state index contributed by atoms with van der Waals surface area (Å²) < 4.78 is 5.78. The predicted octanol–water partition coefficient (Wildman–Crippen LogP) is 4.51. The molecule has 1 heterocycles. The summed E-state index contributed by atoms with van der Waals surface area (Å²) in [5, 5.41) is 0.714. The van der Waals surface area contributed by atoms with Gasteiger partial charge in [-0.2, -0.15) is 0 Å². The number of H-pyrrole nitrogens is 1. The van der Waals surface area contributed by atoms with E-state index in [1.54, 1.807) is 6.07 Å². The molecule has 1 aromatic heterocycles. The monoisotopic (exact) mass is 307 g/mol. The van der Waals surface area contributed by atoms with Crippen LogP contribution in [0.5, 0.6) is 0 Å². The second-order valence-electron chi connectivity index (χ2n) is 6.69. The van der Waals surface area contributed by atoms with Crippen LogP contribution in [0.2, 0.25) is 0 Å². The molecule has 118 valence electrons. The molecule has 23 heavy (non-hydrogen) atoms. The van der Waals surface area contributed by atoms with Crippen LogP contribution < -0.4 is 5.43 Å². The van der Waals surface area contributed by atoms with Crippen molar-refractivity contribution in [1.82, 2.24) is 4.98 Å². The third kappa shape index (κ3) is 3.69. The lowest BCUT2D eigenvalue weighted by molar-refractivity contribution is -0.0149. The normalized spacial score (nSPS) is 11.8. The number of ether oxygens (including phenoxy) is 1. The van der Waals surface area contributed by atoms with E-state index in [4.69, 9.17) is 4.74 Å². The molecule has 0 atom stereocenters. The lowest BCUT2D eigenvalue weighted by atomic mass is 10.1. The van der Waals surface area contributed by atoms with Gasteiger partial charge >= 0.3 is 0 Å². The Balaban J connectivity index is 1.89. The summed E-state index contributed by atoms with van der Waals surface area (Å²) in [5.74, 6) is 0. The molecule has 0 aliphatic rings. The van der Waals surface area contributed by atoms with Crippen molar-refractivity contribution in [3.05, 3.63) is 70.4 Å². The predicted molar refractivity (Wildman–Crippen MR) is 94.5 cm³/mol. The van der Waals surface area contributed by atoms with Gasteiger partial charge in [0, 0.05) is 22.7 Å². The van der Waals surface area contributed by atoms with Crippen molar-refractivity contribution >= 4 is 10.9 Å². The first-order chi connectivity index (χ1) is 10.9. The number of hydrogen-bond donors (Lipinski definition) is 1. The number of aromatic amines is 1. The molecule has 0 unspecified atom stereocenters. The molecule has 2 aromatic carbocycles. The van der Waals surface area contributed by atoms with Crippen LogP contribution in [-0.4, -0.2) is 10.6 Å². The number of pyridine rings is 1. The number of aromatic nitrogens is 1. The first kappa shape index (κ1) is 15.5. The molecule has 0 aliphatic carbocycles. The Morgan fingerprint density at radius 1 is 1.00 bits per heavy atom. The van der Waals surface area contributed by atoms with Gasteiger partial charge < -0.3 is 9.72 Å². The summed E-state index contributed by atoms with van der Waals surface area (Å²) in [4.78, 5) is 15.5. The number of para-hydroxylation sites is 1. The molecule has 3 nitrogen and oxygen atoms in total. The molecule has 0 spiro atoms. The van der Waals surface area contributed by atoms with Crippen LogP contribution in [0, 0.1) is 0 Å². The molecule has 0 fully saturated rings. The molecule has 0 aliphatic heterocycles. The minimum atomic E-state index is -0.151. The summed E-state index contributed by atoms with van der Waals surface area (Å²) in [6.07, 6.45) is 0. The third-order valence-electron chi connectivity index (χ3n) is 3.67. The van der Waals surface area contributed by atoms with Crippen LogP contribution in [0.3, 0.4) is 0 Å². The Hall–Kier alpha value is -2.39. The van der Waals surface area contributed by atoms with Crippen molar-refractivity contribution in [3.63, 3.8) is 0 Å². The number of fused-ring (bicyclic) bond motifs is 1. The van der Waals surface area contributed by atoms with E-state index in [1.807, 2.05) is 69.3 Å². The highest BCUT2D eigenvalue weighted by molar-refractivity contribution is 5.81. The van der Waals surface area contributed by atoms with Crippen molar-refractivity contribution in [2.45, 2.75) is 33.0 Å². The van der Waals surface area contributed by atoms with Crippen LogP contribution in [0.4, 0.5) is 0 Å². The highest BCUT2D eigenvalue weighted by Crippen LogP contribution is 2.20. The van der Waals surface area contributed by atoms with Gasteiger partial charge in [0.05, 0.1) is 12.2 Å². The Kier molecular flexibility index (Phi) is 4.05. The van der Waals surface area contributed by atoms with E-state index in [2.05, 4.69) is 4.98 Å². The van der Waals surface area contributed by atoms with E-state index in [0.717, 1.165) is 22.3 Å². The lowest BCUT2D eigenvalue weighted by Gasteiger charge is -2.19. The second-order valence-corrected chi connectivity index (χ2v) is 6.69. The molecule has 0 saturated heterocycles. The van der Waals surface area contributed by atoms with Crippen molar-refractivity contribution in [2.24, 2.45) is 0 Å². The summed E-state index contributed by atoms with van der Waals surface area (Å²) in [6, 6.07) is 17.3. The van der Waals surface area contributed by atoms with Gasteiger partial charge in [0.15, 0.2) is 5.43 Å². The van der Waals surface area contributed by atoms with Crippen molar-refractivity contribution in [2.75, 3.05) is 0 Å². The quantitative estimate of drug-likeness (QED) is 0.773. The minimum Gasteiger partial charge on any atom is -0.371 e. The fraction of sp³-hybridized carbons (Fsp3) is 0.250. The van der Waals surface area contributed by atoms with Gasteiger partial charge in [-0.25, -0.2) is 0 Å². The Morgan fingerprint density at radius 3 is 2.39 bits per heavy atom. The Labute approximate surface area is 135 Å². The summed E-state index contributed by atoms with van der Waals surface area (Å²) >= 11 is 0. The molecule has 3 heteroatoms. The average Bonchev–Trinajstić information content (AvgIpc) is 2.53. The molecule has 0 radical (unpaired) electrons. The van der Waals surface area contributed by atoms with E-state index in [1.165, 1.54) is 0 Å². The number of hydrogen-bond acceptors (Lipinski definition) is 2. The zero-order chi connectivity index (χ0) is 16.4. The summed E-state index contributed by atoms with van der Waals surface area (Å²) in [5.41, 5.74) is 3.68. The molecule has 0 saturated carbocycles. The molecule has 0 bridgehead atoms. The van der Waals surface area contributed by atoms with E-state index < -0.39 is 0 Å². The fourth-order valence-electron chi connectivity index (χ4n) is 2.43. The van der Waals surface area contributed by atoms with E-state index in [-0.39, 0.29) is 11.0 Å². The van der Waals surface area contributed by atoms with Gasteiger partial charge in [0.25, 0.3) is 0 Å². The minimum absolute atomic E-state index is 0.0366. The maximum Gasteiger partial charge on any atom is 0.190 e. The van der Waals surface area contributed by atoms with Crippen molar-refractivity contribution in [1.29, 1.82) is 0 Å². The summed E-state index contributed by atoms with van der Waals surface area (Å²) in [6.45, 7) is 6.71. The molecular weight excluding hydrogens is 286 g/mol. The van der Waals surface area contributed by atoms with Crippen LogP contribution in [-0.2, 0) is 11.3 Å². The van der Waals surface area contributed by atoms with Gasteiger partial charge in [-0.05, 0) is 44.0 Å². The first-order valence-electron chi connectivity index (χ1n) is 7.78. The first-order valence-corrected chi connectivity index (χ1v) is 7.78. The largest absolute Gasteiger partial charge is 0.371 e. The SMILES string of the molecule is CC(C)(C)OCc1ccc(-c2cc(=O)c3ccccc3[nH]2)cc1. The maximum atomic E-state index is 12.2. The molecule has 3 aromatic rings. The van der Waals surface area contributed by atoms with Crippen molar-refractivity contribution in [3.8, 4) is 11.3 Å². The fourth-order valence-corrected chi connectivity index (χ4v) is 2.43. The average molecular weight is 307 g/mol. The van der Waals surface area contributed by atoms with E-state index in [0.29, 0.717) is 12.0 Å². The zero-order valence-electron chi connectivity index (χ0n) is 13.7. The van der Waals surface area contributed by atoms with Gasteiger partial charge in [0.1, 0.15) is 0 Å². The van der Waals surface area contributed by atoms with Crippen molar-refractivity contribution < 1.29 is 4.74 Å². The van der Waals surface area contributed by atoms with Crippen LogP contribution in [0.1, 0.15) is 26.3 Å². The highest BCUT2D eigenvalue weighted by atomic mass is 16.5. The molecule has 0 amide bonds. The number of rotatable bonds is 3. The highest BCUT2D eigenvalue weighted by Gasteiger charge is 2.10. The zero-order valence-corrected chi connectivity index (χ0v) is 13.7. The van der Waals surface area contributed by atoms with E-state index in [9.17, 15) is 4.79 Å². The lowest BCUT2D eigenvalue weighted by Crippen LogP contribution is -2.18. The third-order valence-corrected chi connectivity index (χ3v) is 3.67. The number of nitrogens with one attached hydrogen (secondary N) is 1. The standard InChI is InChI=1S/C20H21NO2/c1-20(2,3)23-13-14-8-10-15(11-9-14)18-12-19(22)16-6-4-5-7-17(16)21-18/h4-12H,13H2,1-3H3,(H,21,22). The van der Waals surface area contributed by atoms with Crippen LogP contribution >= 0.6 is 0 Å². The second kappa shape index (κ2) is 6.01.